The van der Waals surface area contributed by atoms with Crippen LogP contribution in [0.15, 0.2) is 46.0 Å². The Bertz CT molecular complexity index is 586. The van der Waals surface area contributed by atoms with Crippen LogP contribution in [0.4, 0.5) is 0 Å². The van der Waals surface area contributed by atoms with Gasteiger partial charge in [0, 0.05) is 5.56 Å². The third-order valence-corrected chi connectivity index (χ3v) is 3.15. The molecule has 0 spiro atoms. The third kappa shape index (κ3) is 2.87. The Labute approximate surface area is 113 Å². The van der Waals surface area contributed by atoms with Gasteiger partial charge >= 0.3 is 0 Å². The van der Waals surface area contributed by atoms with E-state index in [1.807, 2.05) is 12.1 Å². The zero-order valence-electron chi connectivity index (χ0n) is 11.8. The highest BCUT2D eigenvalue weighted by Crippen LogP contribution is 2.27. The summed E-state index contributed by atoms with van der Waals surface area (Å²) in [6, 6.07) is 12.0. The van der Waals surface area contributed by atoms with E-state index < -0.39 is 0 Å². The zero-order chi connectivity index (χ0) is 14.0. The van der Waals surface area contributed by atoms with Crippen molar-refractivity contribution < 1.29 is 9.62 Å². The lowest BCUT2D eigenvalue weighted by atomic mass is 9.86. The van der Waals surface area contributed by atoms with E-state index in [0.29, 0.717) is 11.5 Å². The lowest BCUT2D eigenvalue weighted by Crippen LogP contribution is -2.10. The van der Waals surface area contributed by atoms with Gasteiger partial charge in [-0.05, 0) is 30.0 Å². The molecule has 0 aliphatic carbocycles. The predicted molar refractivity (Wildman–Crippen MR) is 76.8 cm³/mol. The molecule has 0 aliphatic rings. The van der Waals surface area contributed by atoms with E-state index in [9.17, 15) is 0 Å². The maximum atomic E-state index is 8.72. The van der Waals surface area contributed by atoms with Gasteiger partial charge in [-0.3, -0.25) is 0 Å². The standard InChI is InChI=1S/C16H19NO2/c1-11(17-18)14-9-10-15(19-14)12-5-7-13(8-6-12)16(2,3)4/h5-10,18H,1-4H3/b17-11+. The van der Waals surface area contributed by atoms with Gasteiger partial charge in [0.05, 0.1) is 0 Å². The summed E-state index contributed by atoms with van der Waals surface area (Å²) in [6.07, 6.45) is 0. The molecule has 2 aromatic rings. The first kappa shape index (κ1) is 13.4. The SMILES string of the molecule is C/C(=N\O)c1ccc(-c2ccc(C(C)(C)C)cc2)o1. The summed E-state index contributed by atoms with van der Waals surface area (Å²) in [5, 5.41) is 11.9. The minimum Gasteiger partial charge on any atom is -0.455 e. The van der Waals surface area contributed by atoms with Crippen molar-refractivity contribution in [3.05, 3.63) is 47.7 Å². The summed E-state index contributed by atoms with van der Waals surface area (Å²) < 4.78 is 5.66. The molecule has 0 fully saturated rings. The van der Waals surface area contributed by atoms with Gasteiger partial charge in [0.15, 0.2) is 5.76 Å². The molecule has 3 heteroatoms. The van der Waals surface area contributed by atoms with Gasteiger partial charge in [0.1, 0.15) is 11.5 Å². The Balaban J connectivity index is 2.30. The molecule has 3 nitrogen and oxygen atoms in total. The molecular formula is C16H19NO2. The van der Waals surface area contributed by atoms with Crippen molar-refractivity contribution >= 4 is 5.71 Å². The van der Waals surface area contributed by atoms with E-state index in [1.54, 1.807) is 6.92 Å². The number of hydrogen-bond acceptors (Lipinski definition) is 3. The van der Waals surface area contributed by atoms with E-state index in [4.69, 9.17) is 9.62 Å². The van der Waals surface area contributed by atoms with Gasteiger partial charge in [-0.15, -0.1) is 0 Å². The third-order valence-electron chi connectivity index (χ3n) is 3.15. The minimum absolute atomic E-state index is 0.146. The number of oxime groups is 1. The monoisotopic (exact) mass is 257 g/mol. The molecule has 0 amide bonds. The van der Waals surface area contributed by atoms with Crippen LogP contribution in [-0.4, -0.2) is 10.9 Å². The van der Waals surface area contributed by atoms with Gasteiger partial charge in [-0.2, -0.15) is 0 Å². The van der Waals surface area contributed by atoms with Crippen LogP contribution in [0.3, 0.4) is 0 Å². The molecule has 0 saturated carbocycles. The van der Waals surface area contributed by atoms with Crippen LogP contribution in [0, 0.1) is 0 Å². The molecule has 1 aromatic heterocycles. The lowest BCUT2D eigenvalue weighted by molar-refractivity contribution is 0.317. The topological polar surface area (TPSA) is 45.7 Å². The average Bonchev–Trinajstić information content (AvgIpc) is 2.86. The minimum atomic E-state index is 0.146. The fraction of sp³-hybridized carbons (Fsp3) is 0.312. The average molecular weight is 257 g/mol. The molecule has 0 saturated heterocycles. The Morgan fingerprint density at radius 2 is 1.68 bits per heavy atom. The molecule has 2 rings (SSSR count). The quantitative estimate of drug-likeness (QED) is 0.491. The smallest absolute Gasteiger partial charge is 0.152 e. The first-order valence-electron chi connectivity index (χ1n) is 6.31. The fourth-order valence-electron chi connectivity index (χ4n) is 1.87. The van der Waals surface area contributed by atoms with Gasteiger partial charge in [0.25, 0.3) is 0 Å². The second-order valence-corrected chi connectivity index (χ2v) is 5.68. The molecule has 100 valence electrons. The summed E-state index contributed by atoms with van der Waals surface area (Å²) in [7, 11) is 0. The van der Waals surface area contributed by atoms with Crippen LogP contribution in [0.1, 0.15) is 39.0 Å². The molecule has 0 radical (unpaired) electrons. The largest absolute Gasteiger partial charge is 0.455 e. The highest BCUT2D eigenvalue weighted by Gasteiger charge is 2.14. The van der Waals surface area contributed by atoms with Crippen molar-refractivity contribution in [1.82, 2.24) is 0 Å². The van der Waals surface area contributed by atoms with Crippen molar-refractivity contribution in [1.29, 1.82) is 0 Å². The van der Waals surface area contributed by atoms with Gasteiger partial charge < -0.3 is 9.62 Å². The number of nitrogens with zero attached hydrogens (tertiary/aromatic N) is 1. The fourth-order valence-corrected chi connectivity index (χ4v) is 1.87. The van der Waals surface area contributed by atoms with E-state index in [-0.39, 0.29) is 5.41 Å². The van der Waals surface area contributed by atoms with Crippen LogP contribution in [0.25, 0.3) is 11.3 Å². The maximum absolute atomic E-state index is 8.72. The van der Waals surface area contributed by atoms with Crippen molar-refractivity contribution in [2.75, 3.05) is 0 Å². The molecule has 0 unspecified atom stereocenters. The van der Waals surface area contributed by atoms with Crippen molar-refractivity contribution in [3.63, 3.8) is 0 Å². The normalized spacial score (nSPS) is 12.7. The Hall–Kier alpha value is -2.03. The molecule has 0 aliphatic heterocycles. The van der Waals surface area contributed by atoms with Gasteiger partial charge in [0.2, 0.25) is 0 Å². The Morgan fingerprint density at radius 3 is 2.21 bits per heavy atom. The molecule has 1 aromatic carbocycles. The second kappa shape index (κ2) is 4.92. The first-order chi connectivity index (χ1) is 8.91. The van der Waals surface area contributed by atoms with Gasteiger partial charge in [-0.1, -0.05) is 50.2 Å². The van der Waals surface area contributed by atoms with Crippen LogP contribution in [0.2, 0.25) is 0 Å². The van der Waals surface area contributed by atoms with Crippen LogP contribution < -0.4 is 0 Å². The van der Waals surface area contributed by atoms with Crippen molar-refractivity contribution in [2.24, 2.45) is 5.16 Å². The van der Waals surface area contributed by atoms with Gasteiger partial charge in [-0.25, -0.2) is 0 Å². The van der Waals surface area contributed by atoms with E-state index in [1.165, 1.54) is 5.56 Å². The van der Waals surface area contributed by atoms with Crippen LogP contribution in [0.5, 0.6) is 0 Å². The van der Waals surface area contributed by atoms with Crippen LogP contribution in [-0.2, 0) is 5.41 Å². The molecular weight excluding hydrogens is 238 g/mol. The Kier molecular flexibility index (Phi) is 3.47. The summed E-state index contributed by atoms with van der Waals surface area (Å²) in [6.45, 7) is 8.27. The number of benzene rings is 1. The number of hydrogen-bond donors (Lipinski definition) is 1. The molecule has 1 heterocycles. The summed E-state index contributed by atoms with van der Waals surface area (Å²) in [4.78, 5) is 0. The molecule has 0 atom stereocenters. The maximum Gasteiger partial charge on any atom is 0.152 e. The predicted octanol–water partition coefficient (Wildman–Crippen LogP) is 4.44. The summed E-state index contributed by atoms with van der Waals surface area (Å²) in [5.74, 6) is 1.36. The van der Waals surface area contributed by atoms with E-state index in [0.717, 1.165) is 11.3 Å². The summed E-state index contributed by atoms with van der Waals surface area (Å²) >= 11 is 0. The van der Waals surface area contributed by atoms with Crippen molar-refractivity contribution in [2.45, 2.75) is 33.1 Å². The van der Waals surface area contributed by atoms with E-state index >= 15 is 0 Å². The molecule has 0 bridgehead atoms. The van der Waals surface area contributed by atoms with Crippen LogP contribution >= 0.6 is 0 Å². The molecule has 19 heavy (non-hydrogen) atoms. The lowest BCUT2D eigenvalue weighted by Gasteiger charge is -2.18. The number of rotatable bonds is 2. The second-order valence-electron chi connectivity index (χ2n) is 5.68. The number of furan rings is 1. The summed E-state index contributed by atoms with van der Waals surface area (Å²) in [5.41, 5.74) is 2.92. The molecule has 1 N–H and O–H groups in total. The Morgan fingerprint density at radius 1 is 1.05 bits per heavy atom. The zero-order valence-corrected chi connectivity index (χ0v) is 11.8. The van der Waals surface area contributed by atoms with Crippen molar-refractivity contribution in [3.8, 4) is 11.3 Å². The highest BCUT2D eigenvalue weighted by atomic mass is 16.4. The first-order valence-corrected chi connectivity index (χ1v) is 6.31. The van der Waals surface area contributed by atoms with E-state index in [2.05, 4.69) is 50.2 Å². The highest BCUT2D eigenvalue weighted by molar-refractivity contribution is 5.96.